The van der Waals surface area contributed by atoms with Crippen molar-refractivity contribution in [1.29, 1.82) is 0 Å². The molecule has 1 heterocycles. The van der Waals surface area contributed by atoms with Crippen LogP contribution < -0.4 is 5.32 Å². The van der Waals surface area contributed by atoms with Gasteiger partial charge in [-0.25, -0.2) is 0 Å². The first-order valence-corrected chi connectivity index (χ1v) is 4.60. The Labute approximate surface area is 76.4 Å². The summed E-state index contributed by atoms with van der Waals surface area (Å²) in [4.78, 5) is 1.11. The van der Waals surface area contributed by atoms with E-state index in [9.17, 15) is 0 Å². The van der Waals surface area contributed by atoms with Gasteiger partial charge in [0.1, 0.15) is 0 Å². The quantitative estimate of drug-likeness (QED) is 0.709. The highest BCUT2D eigenvalue weighted by atomic mass is 32.1. The van der Waals surface area contributed by atoms with Gasteiger partial charge in [0.2, 0.25) is 0 Å². The fraction of sp³-hybridized carbons (Fsp3) is 0.500. The molecule has 0 bridgehead atoms. The Kier molecular flexibility index (Phi) is 3.71. The van der Waals surface area contributed by atoms with Crippen molar-refractivity contribution in [3.05, 3.63) is 11.1 Å². The van der Waals surface area contributed by atoms with E-state index in [2.05, 4.69) is 27.7 Å². The predicted molar refractivity (Wildman–Crippen MR) is 49.8 cm³/mol. The minimum Gasteiger partial charge on any atom is -0.309 e. The van der Waals surface area contributed by atoms with E-state index in [1.54, 1.807) is 6.20 Å². The molecule has 1 aromatic heterocycles. The predicted octanol–water partition coefficient (Wildman–Crippen LogP) is 1.21. The number of rotatable bonds is 4. The molecule has 3 nitrogen and oxygen atoms in total. The molecule has 4 heteroatoms. The molecule has 0 amide bonds. The third-order valence-electron chi connectivity index (χ3n) is 1.49. The summed E-state index contributed by atoms with van der Waals surface area (Å²) in [7, 11) is 0. The zero-order chi connectivity index (χ0) is 8.81. The summed E-state index contributed by atoms with van der Waals surface area (Å²) in [5.41, 5.74) is 0. The molecule has 1 aromatic rings. The molecule has 1 unspecified atom stereocenters. The van der Waals surface area contributed by atoms with Crippen LogP contribution in [0.5, 0.6) is 0 Å². The Hall–Kier alpha value is -0.920. The van der Waals surface area contributed by atoms with Gasteiger partial charge < -0.3 is 5.32 Å². The highest BCUT2D eigenvalue weighted by Crippen LogP contribution is 2.17. The van der Waals surface area contributed by atoms with Crippen molar-refractivity contribution >= 4 is 11.5 Å². The van der Waals surface area contributed by atoms with Crippen LogP contribution >= 0.6 is 11.5 Å². The van der Waals surface area contributed by atoms with E-state index >= 15 is 0 Å². The molecule has 1 N–H and O–H groups in total. The Balaban J connectivity index is 2.61. The van der Waals surface area contributed by atoms with Crippen molar-refractivity contribution in [3.63, 3.8) is 0 Å². The molecule has 0 aliphatic rings. The summed E-state index contributed by atoms with van der Waals surface area (Å²) >= 11 is 1.39. The SMILES string of the molecule is C#CCC(NCC)c1cnns1. The minimum atomic E-state index is 0.222. The first kappa shape index (κ1) is 9.17. The molecule has 0 radical (unpaired) electrons. The maximum atomic E-state index is 5.24. The summed E-state index contributed by atoms with van der Waals surface area (Å²) in [6.07, 6.45) is 7.69. The highest BCUT2D eigenvalue weighted by molar-refractivity contribution is 7.05. The lowest BCUT2D eigenvalue weighted by atomic mass is 10.2. The molecule has 0 saturated carbocycles. The first-order chi connectivity index (χ1) is 5.88. The number of nitrogens with one attached hydrogen (secondary N) is 1. The van der Waals surface area contributed by atoms with Crippen molar-refractivity contribution in [2.75, 3.05) is 6.54 Å². The molecule has 0 aromatic carbocycles. The topological polar surface area (TPSA) is 37.8 Å². The highest BCUT2D eigenvalue weighted by Gasteiger charge is 2.10. The van der Waals surface area contributed by atoms with Gasteiger partial charge in [-0.15, -0.1) is 17.4 Å². The standard InChI is InChI=1S/C8H11N3S/c1-3-5-7(9-4-2)8-6-10-11-12-8/h1,6-7,9H,4-5H2,2H3. The van der Waals surface area contributed by atoms with Crippen LogP contribution in [0.2, 0.25) is 0 Å². The first-order valence-electron chi connectivity index (χ1n) is 3.82. The normalized spacial score (nSPS) is 12.3. The van der Waals surface area contributed by atoms with E-state index in [0.29, 0.717) is 6.42 Å². The van der Waals surface area contributed by atoms with E-state index in [-0.39, 0.29) is 6.04 Å². The second-order valence-corrected chi connectivity index (χ2v) is 3.16. The average Bonchev–Trinajstić information content (AvgIpc) is 2.56. The van der Waals surface area contributed by atoms with Crippen LogP contribution in [0.4, 0.5) is 0 Å². The van der Waals surface area contributed by atoms with Gasteiger partial charge in [0.05, 0.1) is 17.1 Å². The van der Waals surface area contributed by atoms with Crippen molar-refractivity contribution in [2.24, 2.45) is 0 Å². The van der Waals surface area contributed by atoms with Gasteiger partial charge in [0, 0.05) is 6.42 Å². The van der Waals surface area contributed by atoms with Crippen LogP contribution in [0, 0.1) is 12.3 Å². The van der Waals surface area contributed by atoms with Crippen LogP contribution in [0.25, 0.3) is 0 Å². The number of hydrogen-bond donors (Lipinski definition) is 1. The molecule has 1 rings (SSSR count). The van der Waals surface area contributed by atoms with Crippen LogP contribution in [-0.4, -0.2) is 16.1 Å². The Morgan fingerprint density at radius 3 is 3.17 bits per heavy atom. The summed E-state index contributed by atoms with van der Waals surface area (Å²) < 4.78 is 3.79. The van der Waals surface area contributed by atoms with Gasteiger partial charge in [-0.2, -0.15) is 0 Å². The molecule has 1 atom stereocenters. The van der Waals surface area contributed by atoms with Crippen LogP contribution in [0.1, 0.15) is 24.3 Å². The zero-order valence-corrected chi connectivity index (χ0v) is 7.77. The largest absolute Gasteiger partial charge is 0.309 e. The lowest BCUT2D eigenvalue weighted by molar-refractivity contribution is 0.573. The van der Waals surface area contributed by atoms with E-state index in [1.807, 2.05) is 0 Å². The van der Waals surface area contributed by atoms with Crippen LogP contribution in [0.3, 0.4) is 0 Å². The third-order valence-corrected chi connectivity index (χ3v) is 2.27. The van der Waals surface area contributed by atoms with E-state index in [1.165, 1.54) is 11.5 Å². The molecule has 12 heavy (non-hydrogen) atoms. The lowest BCUT2D eigenvalue weighted by Gasteiger charge is -2.10. The molecular formula is C8H11N3S. The van der Waals surface area contributed by atoms with Crippen molar-refractivity contribution in [1.82, 2.24) is 14.9 Å². The summed E-state index contributed by atoms with van der Waals surface area (Å²) in [5, 5.41) is 7.04. The summed E-state index contributed by atoms with van der Waals surface area (Å²) in [5.74, 6) is 2.63. The van der Waals surface area contributed by atoms with Gasteiger partial charge in [-0.1, -0.05) is 11.4 Å². The van der Waals surface area contributed by atoms with Gasteiger partial charge in [-0.3, -0.25) is 0 Å². The second kappa shape index (κ2) is 4.86. The molecule has 64 valence electrons. The van der Waals surface area contributed by atoms with Crippen LogP contribution in [-0.2, 0) is 0 Å². The van der Waals surface area contributed by atoms with Gasteiger partial charge >= 0.3 is 0 Å². The lowest BCUT2D eigenvalue weighted by Crippen LogP contribution is -2.19. The summed E-state index contributed by atoms with van der Waals surface area (Å²) in [6.45, 7) is 2.96. The van der Waals surface area contributed by atoms with Gasteiger partial charge in [0.15, 0.2) is 0 Å². The number of aromatic nitrogens is 2. The molecular weight excluding hydrogens is 170 g/mol. The number of hydrogen-bond acceptors (Lipinski definition) is 4. The molecule has 0 aliphatic heterocycles. The van der Waals surface area contributed by atoms with E-state index in [4.69, 9.17) is 6.42 Å². The smallest absolute Gasteiger partial charge is 0.0669 e. The number of nitrogens with zero attached hydrogens (tertiary/aromatic N) is 2. The second-order valence-electron chi connectivity index (χ2n) is 2.34. The van der Waals surface area contributed by atoms with Gasteiger partial charge in [-0.05, 0) is 18.1 Å². The molecule has 0 spiro atoms. The molecule has 0 aliphatic carbocycles. The van der Waals surface area contributed by atoms with Crippen molar-refractivity contribution in [2.45, 2.75) is 19.4 Å². The maximum Gasteiger partial charge on any atom is 0.0669 e. The average molecular weight is 181 g/mol. The summed E-state index contributed by atoms with van der Waals surface area (Å²) in [6, 6.07) is 0.222. The Morgan fingerprint density at radius 1 is 1.83 bits per heavy atom. The number of terminal acetylenes is 1. The van der Waals surface area contributed by atoms with Crippen LogP contribution in [0.15, 0.2) is 6.20 Å². The van der Waals surface area contributed by atoms with Crippen molar-refractivity contribution in [3.8, 4) is 12.3 Å². The monoisotopic (exact) mass is 181 g/mol. The third kappa shape index (κ3) is 2.29. The Bertz CT molecular complexity index is 250. The molecule has 0 fully saturated rings. The zero-order valence-electron chi connectivity index (χ0n) is 6.95. The Morgan fingerprint density at radius 2 is 2.67 bits per heavy atom. The maximum absolute atomic E-state index is 5.24. The fourth-order valence-electron chi connectivity index (χ4n) is 0.966. The molecule has 0 saturated heterocycles. The van der Waals surface area contributed by atoms with E-state index in [0.717, 1.165) is 11.4 Å². The van der Waals surface area contributed by atoms with Crippen molar-refractivity contribution < 1.29 is 0 Å². The fourth-order valence-corrected chi connectivity index (χ4v) is 1.54. The van der Waals surface area contributed by atoms with Gasteiger partial charge in [0.25, 0.3) is 0 Å². The van der Waals surface area contributed by atoms with E-state index < -0.39 is 0 Å². The minimum absolute atomic E-state index is 0.222.